The molecule has 0 aliphatic heterocycles. The van der Waals surface area contributed by atoms with E-state index >= 15 is 0 Å². The van der Waals surface area contributed by atoms with Crippen LogP contribution >= 0.6 is 33.2 Å². The average Bonchev–Trinajstić information content (AvgIpc) is 2.40. The van der Waals surface area contributed by atoms with Crippen LogP contribution in [0.3, 0.4) is 0 Å². The molecule has 0 aliphatic carbocycles. The van der Waals surface area contributed by atoms with E-state index in [4.69, 9.17) is 33.2 Å². The van der Waals surface area contributed by atoms with Crippen LogP contribution in [0.2, 0.25) is 0 Å². The highest BCUT2D eigenvalue weighted by atomic mass is 35.8. The van der Waals surface area contributed by atoms with Gasteiger partial charge in [-0.25, -0.2) is 0 Å². The number of hydrogen-bond donors (Lipinski definition) is 0. The second kappa shape index (κ2) is 6.80. The molecule has 0 N–H and O–H groups in total. The molecular weight excluding hydrogens is 315 g/mol. The number of halogens is 3. The minimum absolute atomic E-state index is 0.0407. The van der Waals surface area contributed by atoms with E-state index < -0.39 is 6.00 Å². The molecular formula is C15H15Cl3Si. The molecule has 100 valence electrons. The zero-order valence-electron chi connectivity index (χ0n) is 10.4. The highest BCUT2D eigenvalue weighted by Gasteiger charge is 2.37. The van der Waals surface area contributed by atoms with Crippen molar-refractivity contribution < 1.29 is 0 Å². The summed E-state index contributed by atoms with van der Waals surface area (Å²) in [6.07, 6.45) is 1.80. The summed E-state index contributed by atoms with van der Waals surface area (Å²) in [5.41, 5.74) is 2.45. The normalized spacial score (nSPS) is 13.2. The number of aryl methyl sites for hydroxylation is 1. The van der Waals surface area contributed by atoms with E-state index in [2.05, 4.69) is 12.1 Å². The molecule has 1 atom stereocenters. The van der Waals surface area contributed by atoms with Gasteiger partial charge in [-0.3, -0.25) is 0 Å². The molecule has 0 spiro atoms. The maximum absolute atomic E-state index is 6.27. The van der Waals surface area contributed by atoms with Crippen LogP contribution in [0.25, 0.3) is 0 Å². The van der Waals surface area contributed by atoms with E-state index in [-0.39, 0.29) is 5.54 Å². The maximum atomic E-state index is 6.27. The highest BCUT2D eigenvalue weighted by molar-refractivity contribution is 7.65. The largest absolute Gasteiger partial charge is 0.348 e. The van der Waals surface area contributed by atoms with Gasteiger partial charge in [-0.2, -0.15) is 0 Å². The van der Waals surface area contributed by atoms with E-state index in [1.165, 1.54) is 5.56 Å². The lowest BCUT2D eigenvalue weighted by atomic mass is 10.0. The van der Waals surface area contributed by atoms with Crippen molar-refractivity contribution in [3.05, 3.63) is 71.8 Å². The first kappa shape index (κ1) is 14.9. The molecule has 0 fully saturated rings. The fourth-order valence-electron chi connectivity index (χ4n) is 2.16. The molecule has 0 amide bonds. The van der Waals surface area contributed by atoms with Crippen LogP contribution in [0, 0.1) is 0 Å². The average molecular weight is 330 g/mol. The monoisotopic (exact) mass is 328 g/mol. The van der Waals surface area contributed by atoms with Crippen molar-refractivity contribution in [2.75, 3.05) is 0 Å². The van der Waals surface area contributed by atoms with Crippen molar-refractivity contribution in [3.8, 4) is 0 Å². The molecule has 0 aromatic heterocycles. The quantitative estimate of drug-likeness (QED) is 0.495. The van der Waals surface area contributed by atoms with Crippen molar-refractivity contribution in [1.29, 1.82) is 0 Å². The van der Waals surface area contributed by atoms with Gasteiger partial charge in [0, 0.05) is 5.54 Å². The summed E-state index contributed by atoms with van der Waals surface area (Å²) in [6, 6.07) is 17.6. The van der Waals surface area contributed by atoms with Gasteiger partial charge in [-0.1, -0.05) is 60.7 Å². The van der Waals surface area contributed by atoms with Gasteiger partial charge in [0.15, 0.2) is 0 Å². The zero-order chi connectivity index (χ0) is 13.7. The first-order valence-corrected chi connectivity index (χ1v) is 11.3. The van der Waals surface area contributed by atoms with Crippen LogP contribution in [0.1, 0.15) is 23.1 Å². The van der Waals surface area contributed by atoms with E-state index in [1.54, 1.807) is 0 Å². The van der Waals surface area contributed by atoms with Crippen LogP contribution in [0.4, 0.5) is 0 Å². The molecule has 0 nitrogen and oxygen atoms in total. The lowest BCUT2D eigenvalue weighted by Gasteiger charge is -2.22. The van der Waals surface area contributed by atoms with Crippen LogP contribution in [0.15, 0.2) is 60.7 Å². The van der Waals surface area contributed by atoms with Crippen LogP contribution in [-0.2, 0) is 6.42 Å². The van der Waals surface area contributed by atoms with Crippen LogP contribution < -0.4 is 0 Å². The zero-order valence-corrected chi connectivity index (χ0v) is 13.7. The third-order valence-corrected chi connectivity index (χ3v) is 6.94. The van der Waals surface area contributed by atoms with Gasteiger partial charge in [0.05, 0.1) is 0 Å². The molecule has 0 heterocycles. The van der Waals surface area contributed by atoms with Crippen LogP contribution in [0.5, 0.6) is 0 Å². The Bertz CT molecular complexity index is 494. The third kappa shape index (κ3) is 4.53. The van der Waals surface area contributed by atoms with E-state index in [0.717, 1.165) is 18.4 Å². The summed E-state index contributed by atoms with van der Waals surface area (Å²) >= 11 is 18.8. The van der Waals surface area contributed by atoms with E-state index in [1.807, 2.05) is 48.5 Å². The molecule has 2 aromatic rings. The van der Waals surface area contributed by atoms with Gasteiger partial charge < -0.3 is 0 Å². The van der Waals surface area contributed by atoms with E-state index in [0.29, 0.717) is 0 Å². The van der Waals surface area contributed by atoms with Crippen molar-refractivity contribution in [3.63, 3.8) is 0 Å². The van der Waals surface area contributed by atoms with Gasteiger partial charge in [0.2, 0.25) is 0 Å². The Hall–Kier alpha value is -0.473. The molecule has 2 rings (SSSR count). The summed E-state index contributed by atoms with van der Waals surface area (Å²) in [5, 5.41) is 0. The fourth-order valence-corrected chi connectivity index (χ4v) is 5.32. The lowest BCUT2D eigenvalue weighted by Crippen LogP contribution is -2.24. The summed E-state index contributed by atoms with van der Waals surface area (Å²) in [5.74, 6) is 0. The summed E-state index contributed by atoms with van der Waals surface area (Å²) in [7, 11) is 0. The SMILES string of the molecule is Cl[Si](Cl)(Cl)[C@@H](CCc1ccccc1)c1ccccc1. The summed E-state index contributed by atoms with van der Waals surface area (Å²) in [4.78, 5) is 0. The van der Waals surface area contributed by atoms with E-state index in [9.17, 15) is 0 Å². The Balaban J connectivity index is 2.12. The fraction of sp³-hybridized carbons (Fsp3) is 0.200. The molecule has 19 heavy (non-hydrogen) atoms. The van der Waals surface area contributed by atoms with Gasteiger partial charge in [0.1, 0.15) is 0 Å². The minimum Gasteiger partial charge on any atom is -0.125 e. The predicted molar refractivity (Wildman–Crippen MR) is 87.3 cm³/mol. The second-order valence-corrected chi connectivity index (χ2v) is 13.4. The molecule has 4 heteroatoms. The number of rotatable bonds is 5. The lowest BCUT2D eigenvalue weighted by molar-refractivity contribution is 0.785. The Labute approximate surface area is 129 Å². The number of hydrogen-bond acceptors (Lipinski definition) is 0. The molecule has 0 aliphatic rings. The standard InChI is InChI=1S/C15H15Cl3Si/c16-19(17,18)15(14-9-5-2-6-10-14)12-11-13-7-3-1-4-8-13/h1-10,15H,11-12H2/t15-/m0/s1. The maximum Gasteiger partial charge on any atom is 0.348 e. The predicted octanol–water partition coefficient (Wildman–Crippen LogP) is 5.60. The Morgan fingerprint density at radius 3 is 1.84 bits per heavy atom. The third-order valence-electron chi connectivity index (χ3n) is 3.16. The van der Waals surface area contributed by atoms with Gasteiger partial charge in [-0.15, -0.1) is 33.2 Å². The first-order valence-electron chi connectivity index (χ1n) is 6.23. The molecule has 0 bridgehead atoms. The number of benzene rings is 2. The Kier molecular flexibility index (Phi) is 5.34. The Morgan fingerprint density at radius 2 is 1.32 bits per heavy atom. The second-order valence-electron chi connectivity index (χ2n) is 4.53. The Morgan fingerprint density at radius 1 is 0.789 bits per heavy atom. The highest BCUT2D eigenvalue weighted by Crippen LogP contribution is 2.39. The molecule has 2 aromatic carbocycles. The topological polar surface area (TPSA) is 0 Å². The van der Waals surface area contributed by atoms with Crippen molar-refractivity contribution in [2.45, 2.75) is 18.4 Å². The molecule has 0 saturated carbocycles. The van der Waals surface area contributed by atoms with Crippen molar-refractivity contribution in [2.24, 2.45) is 0 Å². The summed E-state index contributed by atoms with van der Waals surface area (Å²) in [6.45, 7) is 0. The molecule has 0 radical (unpaired) electrons. The first-order chi connectivity index (χ1) is 9.07. The smallest absolute Gasteiger partial charge is 0.125 e. The van der Waals surface area contributed by atoms with Gasteiger partial charge in [0.25, 0.3) is 0 Å². The minimum atomic E-state index is -2.76. The van der Waals surface area contributed by atoms with Crippen molar-refractivity contribution >= 4 is 39.2 Å². The molecule has 0 unspecified atom stereocenters. The van der Waals surface area contributed by atoms with Gasteiger partial charge in [-0.05, 0) is 24.0 Å². The van der Waals surface area contributed by atoms with Gasteiger partial charge >= 0.3 is 6.00 Å². The summed E-state index contributed by atoms with van der Waals surface area (Å²) < 4.78 is 0. The molecule has 0 saturated heterocycles. The van der Waals surface area contributed by atoms with Crippen LogP contribution in [-0.4, -0.2) is 6.00 Å². The van der Waals surface area contributed by atoms with Crippen molar-refractivity contribution in [1.82, 2.24) is 0 Å².